The molecule has 5 aromatic heterocycles. The third-order valence-electron chi connectivity index (χ3n) is 10.2. The van der Waals surface area contributed by atoms with Gasteiger partial charge in [0.15, 0.2) is 11.6 Å². The van der Waals surface area contributed by atoms with Gasteiger partial charge in [-0.15, -0.1) is 0 Å². The lowest BCUT2D eigenvalue weighted by atomic mass is 10.0. The van der Waals surface area contributed by atoms with E-state index in [2.05, 4.69) is 60.7 Å². The van der Waals surface area contributed by atoms with E-state index in [1.54, 1.807) is 6.20 Å². The van der Waals surface area contributed by atoms with Crippen molar-refractivity contribution in [1.29, 1.82) is 0 Å². The van der Waals surface area contributed by atoms with Gasteiger partial charge in [-0.2, -0.15) is 0 Å². The molecule has 0 bridgehead atoms. The first-order chi connectivity index (χ1) is 29.7. The predicted molar refractivity (Wildman–Crippen MR) is 240 cm³/mol. The maximum Gasteiger partial charge on any atom is 0.162 e. The summed E-state index contributed by atoms with van der Waals surface area (Å²) in [6, 6.07) is 67.1. The first-order valence-corrected chi connectivity index (χ1v) is 19.7. The molecule has 0 unspecified atom stereocenters. The van der Waals surface area contributed by atoms with E-state index in [1.807, 2.05) is 146 Å². The molecule has 10 rings (SSSR count). The Balaban J connectivity index is 1.09. The smallest absolute Gasteiger partial charge is 0.162 e. The van der Waals surface area contributed by atoms with E-state index in [-0.39, 0.29) is 0 Å². The molecular weight excluding hydrogens is 735 g/mol. The highest BCUT2D eigenvalue weighted by Crippen LogP contribution is 2.36. The van der Waals surface area contributed by atoms with Crippen molar-refractivity contribution in [1.82, 2.24) is 34.9 Å². The molecule has 0 N–H and O–H groups in total. The highest BCUT2D eigenvalue weighted by Gasteiger charge is 2.19. The average molecular weight is 770 g/mol. The lowest BCUT2D eigenvalue weighted by Crippen LogP contribution is -2.00. The zero-order valence-electron chi connectivity index (χ0n) is 32.3. The van der Waals surface area contributed by atoms with E-state index in [1.165, 1.54) is 0 Å². The van der Waals surface area contributed by atoms with Crippen LogP contribution in [0.4, 0.5) is 0 Å². The van der Waals surface area contributed by atoms with E-state index in [9.17, 15) is 0 Å². The van der Waals surface area contributed by atoms with Gasteiger partial charge in [0.2, 0.25) is 0 Å². The highest BCUT2D eigenvalue weighted by atomic mass is 14.9. The summed E-state index contributed by atoms with van der Waals surface area (Å²) in [6.07, 6.45) is 3.65. The number of aromatic nitrogens is 7. The van der Waals surface area contributed by atoms with Gasteiger partial charge in [-0.05, 0) is 59.7 Å². The average Bonchev–Trinajstić information content (AvgIpc) is 3.35. The van der Waals surface area contributed by atoms with Gasteiger partial charge in [0.05, 0.1) is 45.6 Å². The predicted octanol–water partition coefficient (Wildman–Crippen LogP) is 12.5. The Morgan fingerprint density at radius 3 is 1.23 bits per heavy atom. The van der Waals surface area contributed by atoms with Crippen LogP contribution in [0, 0.1) is 0 Å². The summed E-state index contributed by atoms with van der Waals surface area (Å²) in [4.78, 5) is 35.4. The SMILES string of the molecule is c1ccc(-c2cc(-c3ccc(-c4cc(-c5ccccc5)nc(-c5ccccc5)n4)cn3)nc(-c3ncccc3-c3nc(-c4ccccc4)cc(-c4ccccc4)n3)c2)cc1. The van der Waals surface area contributed by atoms with Crippen molar-refractivity contribution in [2.24, 2.45) is 0 Å². The highest BCUT2D eigenvalue weighted by molar-refractivity contribution is 5.83. The van der Waals surface area contributed by atoms with Crippen LogP contribution in [0.25, 0.3) is 102 Å². The fraction of sp³-hybridized carbons (Fsp3) is 0. The molecule has 0 aliphatic rings. The van der Waals surface area contributed by atoms with Gasteiger partial charge in [-0.3, -0.25) is 9.97 Å². The molecule has 0 atom stereocenters. The molecule has 0 saturated heterocycles. The summed E-state index contributed by atoms with van der Waals surface area (Å²) in [5.74, 6) is 1.21. The molecule has 10 aromatic rings. The minimum Gasteiger partial charge on any atom is -0.254 e. The Morgan fingerprint density at radius 1 is 0.250 bits per heavy atom. The molecular formula is C53H35N7. The van der Waals surface area contributed by atoms with Crippen molar-refractivity contribution in [3.05, 3.63) is 213 Å². The van der Waals surface area contributed by atoms with E-state index in [0.717, 1.165) is 67.3 Å². The van der Waals surface area contributed by atoms with Crippen LogP contribution in [-0.2, 0) is 0 Å². The van der Waals surface area contributed by atoms with Crippen LogP contribution in [0.5, 0.6) is 0 Å². The van der Waals surface area contributed by atoms with Gasteiger partial charge in [0, 0.05) is 45.8 Å². The van der Waals surface area contributed by atoms with Crippen LogP contribution < -0.4 is 0 Å². The van der Waals surface area contributed by atoms with Gasteiger partial charge in [-0.1, -0.05) is 152 Å². The Morgan fingerprint density at radius 2 is 0.717 bits per heavy atom. The lowest BCUT2D eigenvalue weighted by Gasteiger charge is -2.14. The molecule has 7 heteroatoms. The molecule has 0 amide bonds. The fourth-order valence-corrected chi connectivity index (χ4v) is 7.22. The number of benzene rings is 5. The van der Waals surface area contributed by atoms with Crippen molar-refractivity contribution < 1.29 is 0 Å². The topological polar surface area (TPSA) is 90.2 Å². The van der Waals surface area contributed by atoms with Gasteiger partial charge >= 0.3 is 0 Å². The largest absolute Gasteiger partial charge is 0.254 e. The van der Waals surface area contributed by atoms with Crippen LogP contribution in [-0.4, -0.2) is 34.9 Å². The molecule has 0 aliphatic heterocycles. The lowest BCUT2D eigenvalue weighted by molar-refractivity contribution is 1.16. The zero-order chi connectivity index (χ0) is 40.1. The molecule has 0 radical (unpaired) electrons. The molecule has 0 saturated carbocycles. The number of pyridine rings is 3. The van der Waals surface area contributed by atoms with Crippen LogP contribution >= 0.6 is 0 Å². The second-order valence-electron chi connectivity index (χ2n) is 14.2. The van der Waals surface area contributed by atoms with E-state index >= 15 is 0 Å². The van der Waals surface area contributed by atoms with E-state index < -0.39 is 0 Å². The summed E-state index contributed by atoms with van der Waals surface area (Å²) in [5.41, 5.74) is 13.6. The monoisotopic (exact) mass is 769 g/mol. The molecule has 5 heterocycles. The molecule has 60 heavy (non-hydrogen) atoms. The number of hydrogen-bond donors (Lipinski definition) is 0. The minimum atomic E-state index is 0.559. The number of rotatable bonds is 9. The summed E-state index contributed by atoms with van der Waals surface area (Å²) >= 11 is 0. The van der Waals surface area contributed by atoms with Gasteiger partial charge < -0.3 is 0 Å². The van der Waals surface area contributed by atoms with E-state index in [0.29, 0.717) is 34.4 Å². The van der Waals surface area contributed by atoms with Crippen molar-refractivity contribution in [2.45, 2.75) is 0 Å². The van der Waals surface area contributed by atoms with Crippen molar-refractivity contribution in [3.8, 4) is 102 Å². The summed E-state index contributed by atoms with van der Waals surface area (Å²) in [5, 5.41) is 0. The molecule has 0 aliphatic carbocycles. The number of nitrogens with zero attached hydrogens (tertiary/aromatic N) is 7. The van der Waals surface area contributed by atoms with Gasteiger partial charge in [0.1, 0.15) is 0 Å². The second-order valence-corrected chi connectivity index (χ2v) is 14.2. The zero-order valence-corrected chi connectivity index (χ0v) is 32.3. The van der Waals surface area contributed by atoms with Gasteiger partial charge in [0.25, 0.3) is 0 Å². The molecule has 0 fully saturated rings. The van der Waals surface area contributed by atoms with Crippen LogP contribution in [0.2, 0.25) is 0 Å². The maximum atomic E-state index is 5.25. The summed E-state index contributed by atoms with van der Waals surface area (Å²) in [7, 11) is 0. The minimum absolute atomic E-state index is 0.559. The van der Waals surface area contributed by atoms with Crippen LogP contribution in [0.15, 0.2) is 213 Å². The Bertz CT molecular complexity index is 2940. The normalized spacial score (nSPS) is 11.0. The summed E-state index contributed by atoms with van der Waals surface area (Å²) in [6.45, 7) is 0. The fourth-order valence-electron chi connectivity index (χ4n) is 7.22. The van der Waals surface area contributed by atoms with Crippen LogP contribution in [0.1, 0.15) is 0 Å². The van der Waals surface area contributed by atoms with Crippen molar-refractivity contribution in [3.63, 3.8) is 0 Å². The van der Waals surface area contributed by atoms with Gasteiger partial charge in [-0.25, -0.2) is 24.9 Å². The molecule has 7 nitrogen and oxygen atoms in total. The quantitative estimate of drug-likeness (QED) is 0.144. The first-order valence-electron chi connectivity index (χ1n) is 19.7. The van der Waals surface area contributed by atoms with E-state index in [4.69, 9.17) is 34.9 Å². The second kappa shape index (κ2) is 16.3. The van der Waals surface area contributed by atoms with Crippen molar-refractivity contribution in [2.75, 3.05) is 0 Å². The molecule has 5 aromatic carbocycles. The molecule has 0 spiro atoms. The first kappa shape index (κ1) is 36.1. The third-order valence-corrected chi connectivity index (χ3v) is 10.2. The standard InChI is InChI=1S/C53H35N7/c1-6-17-36(18-7-1)42-31-49(44-29-28-41(35-55-44)48-34-45(37-19-8-2-9-20-37)57-52(58-48)40-25-14-5-15-26-40)56-50(32-42)51-43(27-16-30-54-51)53-59-46(38-21-10-3-11-22-38)33-47(60-53)39-23-12-4-13-24-39/h1-35H. The maximum absolute atomic E-state index is 5.25. The Kier molecular flexibility index (Phi) is 9.79. The Labute approximate surface area is 347 Å². The van der Waals surface area contributed by atoms with Crippen molar-refractivity contribution >= 4 is 0 Å². The molecule has 282 valence electrons. The third kappa shape index (κ3) is 7.58. The number of hydrogen-bond acceptors (Lipinski definition) is 7. The van der Waals surface area contributed by atoms with Crippen LogP contribution in [0.3, 0.4) is 0 Å². The Hall–Kier alpha value is -8.29. The summed E-state index contributed by atoms with van der Waals surface area (Å²) < 4.78 is 0.